The number of hydrogen-bond acceptors (Lipinski definition) is 3. The highest BCUT2D eigenvalue weighted by molar-refractivity contribution is 6.08. The van der Waals surface area contributed by atoms with E-state index in [1.807, 2.05) is 73.7 Å². The summed E-state index contributed by atoms with van der Waals surface area (Å²) in [5, 5.41) is 15.0. The highest BCUT2D eigenvalue weighted by Gasteiger charge is 2.14. The molecule has 0 fully saturated rings. The first kappa shape index (κ1) is 18.6. The van der Waals surface area contributed by atoms with Crippen LogP contribution in [0, 0.1) is 0 Å². The molecule has 0 aliphatic heterocycles. The Balaban J connectivity index is 1.67. The van der Waals surface area contributed by atoms with Gasteiger partial charge in [-0.25, -0.2) is 0 Å². The molecule has 0 saturated heterocycles. The molecule has 4 aromatic carbocycles. The second kappa shape index (κ2) is 8.07. The summed E-state index contributed by atoms with van der Waals surface area (Å²) in [5.74, 6) is 0.345. The minimum atomic E-state index is -0.364. The van der Waals surface area contributed by atoms with E-state index in [4.69, 9.17) is 4.74 Å². The molecule has 4 nitrogen and oxygen atoms in total. The zero-order valence-electron chi connectivity index (χ0n) is 16.1. The predicted molar refractivity (Wildman–Crippen MR) is 117 cm³/mol. The molecule has 29 heavy (non-hydrogen) atoms. The maximum atomic E-state index is 12.8. The quantitative estimate of drug-likeness (QED) is 0.453. The summed E-state index contributed by atoms with van der Waals surface area (Å²) >= 11 is 0. The first-order valence-corrected chi connectivity index (χ1v) is 9.51. The molecular weight excluding hydrogens is 362 g/mol. The predicted octanol–water partition coefficient (Wildman–Crippen LogP) is 5.86. The molecule has 0 unspecified atom stereocenters. The average molecular weight is 383 g/mol. The van der Waals surface area contributed by atoms with E-state index in [-0.39, 0.29) is 17.2 Å². The molecule has 0 aromatic heterocycles. The fourth-order valence-electron chi connectivity index (χ4n) is 3.34. The number of nitrogens with one attached hydrogen (secondary N) is 1. The van der Waals surface area contributed by atoms with Gasteiger partial charge in [0.25, 0.3) is 5.91 Å². The monoisotopic (exact) mass is 383 g/mol. The second-order valence-electron chi connectivity index (χ2n) is 6.68. The Labute approximate surface area is 169 Å². The van der Waals surface area contributed by atoms with Gasteiger partial charge in [0.2, 0.25) is 0 Å². The van der Waals surface area contributed by atoms with Crippen molar-refractivity contribution < 1.29 is 14.6 Å². The first-order valence-electron chi connectivity index (χ1n) is 9.51. The summed E-state index contributed by atoms with van der Waals surface area (Å²) < 4.78 is 5.75. The molecule has 0 spiro atoms. The van der Waals surface area contributed by atoms with Crippen LogP contribution in [0.1, 0.15) is 17.3 Å². The molecule has 0 bridgehead atoms. The Bertz CT molecular complexity index is 1170. The van der Waals surface area contributed by atoms with E-state index in [0.29, 0.717) is 12.3 Å². The van der Waals surface area contributed by atoms with E-state index in [1.54, 1.807) is 18.2 Å². The van der Waals surface area contributed by atoms with Gasteiger partial charge in [-0.3, -0.25) is 4.79 Å². The minimum Gasteiger partial charge on any atom is -0.507 e. The number of anilines is 1. The van der Waals surface area contributed by atoms with Crippen molar-refractivity contribution in [2.45, 2.75) is 6.92 Å². The minimum absolute atomic E-state index is 0.0459. The number of hydrogen-bond donors (Lipinski definition) is 2. The van der Waals surface area contributed by atoms with Gasteiger partial charge in [-0.2, -0.15) is 0 Å². The first-order chi connectivity index (χ1) is 14.2. The maximum Gasteiger partial charge on any atom is 0.259 e. The van der Waals surface area contributed by atoms with Crippen molar-refractivity contribution in [1.82, 2.24) is 0 Å². The number of amides is 1. The van der Waals surface area contributed by atoms with Crippen molar-refractivity contribution >= 4 is 22.4 Å². The zero-order chi connectivity index (χ0) is 20.2. The normalized spacial score (nSPS) is 10.7. The fourth-order valence-corrected chi connectivity index (χ4v) is 3.34. The lowest BCUT2D eigenvalue weighted by molar-refractivity contribution is 0.102. The van der Waals surface area contributed by atoms with Crippen LogP contribution < -0.4 is 10.1 Å². The molecule has 4 aromatic rings. The number of fused-ring (bicyclic) bond motifs is 1. The average Bonchev–Trinajstić information content (AvgIpc) is 2.75. The van der Waals surface area contributed by atoms with E-state index in [1.165, 1.54) is 0 Å². The van der Waals surface area contributed by atoms with Crippen LogP contribution in [0.25, 0.3) is 21.9 Å². The van der Waals surface area contributed by atoms with Crippen molar-refractivity contribution in [2.24, 2.45) is 0 Å². The summed E-state index contributed by atoms with van der Waals surface area (Å²) in [6, 6.07) is 26.3. The maximum absolute atomic E-state index is 12.8. The molecule has 0 saturated carbocycles. The van der Waals surface area contributed by atoms with Gasteiger partial charge in [-0.1, -0.05) is 54.6 Å². The van der Waals surface area contributed by atoms with Gasteiger partial charge in [0.05, 0.1) is 12.2 Å². The SMILES string of the molecule is CCOc1ccc(NC(=O)c2cc3ccccc3cc2O)cc1-c1ccccc1. The van der Waals surface area contributed by atoms with E-state index in [2.05, 4.69) is 5.32 Å². The Morgan fingerprint density at radius 2 is 1.59 bits per heavy atom. The lowest BCUT2D eigenvalue weighted by atomic mass is 10.0. The molecular formula is C25H21NO3. The molecule has 4 heteroatoms. The van der Waals surface area contributed by atoms with Crippen molar-refractivity contribution in [1.29, 1.82) is 0 Å². The van der Waals surface area contributed by atoms with Crippen LogP contribution in [-0.4, -0.2) is 17.6 Å². The molecule has 0 aliphatic carbocycles. The van der Waals surface area contributed by atoms with E-state index >= 15 is 0 Å². The van der Waals surface area contributed by atoms with Crippen molar-refractivity contribution in [3.05, 3.63) is 90.5 Å². The zero-order valence-corrected chi connectivity index (χ0v) is 16.1. The van der Waals surface area contributed by atoms with Crippen LogP contribution in [0.3, 0.4) is 0 Å². The number of benzene rings is 4. The highest BCUT2D eigenvalue weighted by Crippen LogP contribution is 2.33. The Hall–Kier alpha value is -3.79. The van der Waals surface area contributed by atoms with Crippen molar-refractivity contribution in [3.63, 3.8) is 0 Å². The molecule has 144 valence electrons. The number of phenols is 1. The number of phenolic OH excluding ortho intramolecular Hbond substituents is 1. The van der Waals surface area contributed by atoms with Crippen LogP contribution in [0.2, 0.25) is 0 Å². The molecule has 0 radical (unpaired) electrons. The van der Waals surface area contributed by atoms with Gasteiger partial charge in [-0.15, -0.1) is 0 Å². The van der Waals surface area contributed by atoms with Crippen LogP contribution in [0.4, 0.5) is 5.69 Å². The summed E-state index contributed by atoms with van der Waals surface area (Å²) in [4.78, 5) is 12.8. The summed E-state index contributed by atoms with van der Waals surface area (Å²) in [6.45, 7) is 2.49. The lowest BCUT2D eigenvalue weighted by Gasteiger charge is -2.14. The smallest absolute Gasteiger partial charge is 0.259 e. The van der Waals surface area contributed by atoms with Gasteiger partial charge in [0.1, 0.15) is 11.5 Å². The number of carbonyl (C=O) groups is 1. The van der Waals surface area contributed by atoms with Crippen LogP contribution in [-0.2, 0) is 0 Å². The molecule has 2 N–H and O–H groups in total. The molecule has 1 amide bonds. The van der Waals surface area contributed by atoms with Crippen LogP contribution in [0.5, 0.6) is 11.5 Å². The third kappa shape index (κ3) is 3.92. The molecule has 4 rings (SSSR count). The molecule has 0 aliphatic rings. The molecule has 0 atom stereocenters. The van der Waals surface area contributed by atoms with Gasteiger partial charge < -0.3 is 15.2 Å². The topological polar surface area (TPSA) is 58.6 Å². The van der Waals surface area contributed by atoms with Gasteiger partial charge in [0.15, 0.2) is 0 Å². The van der Waals surface area contributed by atoms with E-state index in [9.17, 15) is 9.90 Å². The van der Waals surface area contributed by atoms with Crippen molar-refractivity contribution in [3.8, 4) is 22.6 Å². The van der Waals surface area contributed by atoms with Gasteiger partial charge in [-0.05, 0) is 53.6 Å². The Morgan fingerprint density at radius 3 is 2.31 bits per heavy atom. The third-order valence-electron chi connectivity index (χ3n) is 4.73. The third-order valence-corrected chi connectivity index (χ3v) is 4.73. The van der Waals surface area contributed by atoms with Gasteiger partial charge in [0, 0.05) is 11.3 Å². The largest absolute Gasteiger partial charge is 0.507 e. The summed E-state index contributed by atoms with van der Waals surface area (Å²) in [6.07, 6.45) is 0. The number of carbonyl (C=O) groups excluding carboxylic acids is 1. The van der Waals surface area contributed by atoms with E-state index in [0.717, 1.165) is 27.6 Å². The van der Waals surface area contributed by atoms with Gasteiger partial charge >= 0.3 is 0 Å². The van der Waals surface area contributed by atoms with E-state index < -0.39 is 0 Å². The summed E-state index contributed by atoms with van der Waals surface area (Å²) in [5.41, 5.74) is 2.76. The number of aromatic hydroxyl groups is 1. The van der Waals surface area contributed by atoms with Crippen LogP contribution >= 0.6 is 0 Å². The second-order valence-corrected chi connectivity index (χ2v) is 6.68. The summed E-state index contributed by atoms with van der Waals surface area (Å²) in [7, 11) is 0. The van der Waals surface area contributed by atoms with Crippen molar-refractivity contribution in [2.75, 3.05) is 11.9 Å². The lowest BCUT2D eigenvalue weighted by Crippen LogP contribution is -2.12. The number of rotatable bonds is 5. The highest BCUT2D eigenvalue weighted by atomic mass is 16.5. The standard InChI is InChI=1S/C25H21NO3/c1-2-29-24-13-12-20(16-21(24)17-8-4-3-5-9-17)26-25(28)22-14-18-10-6-7-11-19(18)15-23(22)27/h3-16,27H,2H2,1H3,(H,26,28). The van der Waals surface area contributed by atoms with Crippen LogP contribution in [0.15, 0.2) is 84.9 Å². The number of ether oxygens (including phenoxy) is 1. The Morgan fingerprint density at radius 1 is 0.897 bits per heavy atom. The molecule has 0 heterocycles. The fraction of sp³-hybridized carbons (Fsp3) is 0.0800. The Kier molecular flexibility index (Phi) is 5.16.